The second kappa shape index (κ2) is 3.83. The van der Waals surface area contributed by atoms with Crippen molar-refractivity contribution in [2.45, 2.75) is 0 Å². The van der Waals surface area contributed by atoms with Crippen LogP contribution in [0.25, 0.3) is 16.6 Å². The number of nitrogens with zero attached hydrogens (tertiary/aromatic N) is 2. The van der Waals surface area contributed by atoms with Crippen molar-refractivity contribution >= 4 is 34.1 Å². The summed E-state index contributed by atoms with van der Waals surface area (Å²) < 4.78 is 1.44. The summed E-state index contributed by atoms with van der Waals surface area (Å²) in [6.07, 6.45) is 1.44. The lowest BCUT2D eigenvalue weighted by Crippen LogP contribution is -1.95. The Bertz CT molecular complexity index is 728. The third-order valence-corrected chi connectivity index (χ3v) is 3.01. The van der Waals surface area contributed by atoms with Gasteiger partial charge in [0, 0.05) is 10.0 Å². The van der Waals surface area contributed by atoms with Gasteiger partial charge in [0.25, 0.3) is 0 Å². The Morgan fingerprint density at radius 3 is 2.39 bits per heavy atom. The van der Waals surface area contributed by atoms with E-state index in [0.717, 1.165) is 0 Å². The zero-order valence-electron chi connectivity index (χ0n) is 8.85. The zero-order chi connectivity index (χ0) is 12.9. The maximum atomic E-state index is 9.72. The van der Waals surface area contributed by atoms with Crippen LogP contribution < -0.4 is 0 Å². The molecule has 5 nitrogen and oxygen atoms in total. The Morgan fingerprint density at radius 1 is 1.06 bits per heavy atom. The Morgan fingerprint density at radius 2 is 1.72 bits per heavy atom. The van der Waals surface area contributed by atoms with Crippen LogP contribution in [-0.4, -0.2) is 25.0 Å². The average Bonchev–Trinajstić information content (AvgIpc) is 2.81. The SMILES string of the molecule is Oc1[nH]c(O)c2c1cnn2-c1cc(Cl)cc(Cl)c1. The molecule has 0 saturated carbocycles. The van der Waals surface area contributed by atoms with E-state index in [0.29, 0.717) is 26.6 Å². The molecule has 1 aromatic carbocycles. The van der Waals surface area contributed by atoms with Gasteiger partial charge in [-0.1, -0.05) is 23.2 Å². The van der Waals surface area contributed by atoms with Crippen molar-refractivity contribution in [3.05, 3.63) is 34.4 Å². The molecule has 0 fully saturated rings. The lowest BCUT2D eigenvalue weighted by molar-refractivity contribution is 0.427. The van der Waals surface area contributed by atoms with Gasteiger partial charge in [0.1, 0.15) is 5.52 Å². The van der Waals surface area contributed by atoms with Gasteiger partial charge in [0.05, 0.1) is 17.3 Å². The van der Waals surface area contributed by atoms with E-state index in [1.807, 2.05) is 0 Å². The standard InChI is InChI=1S/C11H7Cl2N3O2/c12-5-1-6(13)3-7(2-5)16-9-8(4-14-16)10(17)15-11(9)18/h1-4,15,17-18H. The molecular weight excluding hydrogens is 277 g/mol. The lowest BCUT2D eigenvalue weighted by atomic mass is 10.3. The van der Waals surface area contributed by atoms with E-state index >= 15 is 0 Å². The largest absolute Gasteiger partial charge is 0.494 e. The van der Waals surface area contributed by atoms with E-state index in [-0.39, 0.29) is 11.8 Å². The van der Waals surface area contributed by atoms with Gasteiger partial charge in [-0.05, 0) is 18.2 Å². The van der Waals surface area contributed by atoms with E-state index in [9.17, 15) is 10.2 Å². The number of nitrogens with one attached hydrogen (secondary N) is 1. The summed E-state index contributed by atoms with van der Waals surface area (Å²) in [5.74, 6) is -0.307. The highest BCUT2D eigenvalue weighted by atomic mass is 35.5. The molecule has 92 valence electrons. The quantitative estimate of drug-likeness (QED) is 0.643. The summed E-state index contributed by atoms with van der Waals surface area (Å²) in [5, 5.41) is 24.7. The van der Waals surface area contributed by atoms with Crippen LogP contribution >= 0.6 is 23.2 Å². The number of aromatic amines is 1. The fourth-order valence-electron chi connectivity index (χ4n) is 1.85. The van der Waals surface area contributed by atoms with Crippen LogP contribution in [0, 0.1) is 0 Å². The first kappa shape index (κ1) is 11.3. The maximum Gasteiger partial charge on any atom is 0.218 e. The minimum Gasteiger partial charge on any atom is -0.494 e. The van der Waals surface area contributed by atoms with Gasteiger partial charge in [-0.2, -0.15) is 5.10 Å². The molecule has 0 atom stereocenters. The van der Waals surface area contributed by atoms with Crippen LogP contribution in [0.15, 0.2) is 24.4 Å². The van der Waals surface area contributed by atoms with Crippen molar-refractivity contribution in [2.75, 3.05) is 0 Å². The van der Waals surface area contributed by atoms with E-state index in [1.165, 1.54) is 10.9 Å². The highest BCUT2D eigenvalue weighted by Gasteiger charge is 2.16. The molecule has 3 N–H and O–H groups in total. The summed E-state index contributed by atoms with van der Waals surface area (Å²) in [5.41, 5.74) is 0.961. The summed E-state index contributed by atoms with van der Waals surface area (Å²) in [6.45, 7) is 0. The van der Waals surface area contributed by atoms with E-state index in [4.69, 9.17) is 23.2 Å². The molecule has 7 heteroatoms. The molecule has 3 rings (SSSR count). The molecule has 0 spiro atoms. The molecule has 2 heterocycles. The van der Waals surface area contributed by atoms with Crippen molar-refractivity contribution in [3.63, 3.8) is 0 Å². The molecule has 0 aliphatic carbocycles. The number of aromatic nitrogens is 3. The Labute approximate surface area is 111 Å². The molecule has 0 bridgehead atoms. The first-order valence-corrected chi connectivity index (χ1v) is 5.76. The van der Waals surface area contributed by atoms with Crippen molar-refractivity contribution in [1.82, 2.24) is 14.8 Å². The highest BCUT2D eigenvalue weighted by Crippen LogP contribution is 2.34. The van der Waals surface area contributed by atoms with Crippen LogP contribution in [0.4, 0.5) is 0 Å². The number of halogens is 2. The van der Waals surface area contributed by atoms with Crippen LogP contribution in [-0.2, 0) is 0 Å². The summed E-state index contributed by atoms with van der Waals surface area (Å²) >= 11 is 11.8. The minimum atomic E-state index is -0.170. The normalized spacial score (nSPS) is 11.2. The van der Waals surface area contributed by atoms with Crippen molar-refractivity contribution in [3.8, 4) is 17.4 Å². The second-order valence-electron chi connectivity index (χ2n) is 3.77. The first-order valence-electron chi connectivity index (χ1n) is 5.00. The van der Waals surface area contributed by atoms with E-state index in [1.54, 1.807) is 18.2 Å². The van der Waals surface area contributed by atoms with E-state index in [2.05, 4.69) is 10.1 Å². The summed E-state index contributed by atoms with van der Waals surface area (Å²) in [6, 6.07) is 4.91. The van der Waals surface area contributed by atoms with Crippen LogP contribution in [0.5, 0.6) is 11.8 Å². The van der Waals surface area contributed by atoms with Crippen LogP contribution in [0.1, 0.15) is 0 Å². The summed E-state index contributed by atoms with van der Waals surface area (Å²) in [7, 11) is 0. The van der Waals surface area contributed by atoms with Gasteiger partial charge in [-0.3, -0.25) is 4.98 Å². The molecule has 0 saturated heterocycles. The van der Waals surface area contributed by atoms with Crippen molar-refractivity contribution in [2.24, 2.45) is 0 Å². The number of aromatic hydroxyl groups is 2. The monoisotopic (exact) mass is 283 g/mol. The molecule has 0 radical (unpaired) electrons. The van der Waals surface area contributed by atoms with Gasteiger partial charge in [-0.15, -0.1) is 0 Å². The third-order valence-electron chi connectivity index (χ3n) is 2.58. The highest BCUT2D eigenvalue weighted by molar-refractivity contribution is 6.34. The number of H-pyrrole nitrogens is 1. The number of fused-ring (bicyclic) bond motifs is 1. The predicted octanol–water partition coefficient (Wildman–Crippen LogP) is 3.07. The molecule has 3 aromatic rings. The lowest BCUT2D eigenvalue weighted by Gasteiger charge is -2.04. The number of benzene rings is 1. The Balaban J connectivity index is 2.31. The molecule has 0 aliphatic heterocycles. The molecular formula is C11H7Cl2N3O2. The number of rotatable bonds is 1. The molecule has 0 unspecified atom stereocenters. The van der Waals surface area contributed by atoms with Gasteiger partial charge < -0.3 is 10.2 Å². The van der Waals surface area contributed by atoms with Gasteiger partial charge in [0.2, 0.25) is 11.8 Å². The van der Waals surface area contributed by atoms with Crippen LogP contribution in [0.3, 0.4) is 0 Å². The van der Waals surface area contributed by atoms with Gasteiger partial charge in [-0.25, -0.2) is 4.68 Å². The van der Waals surface area contributed by atoms with Gasteiger partial charge in [0.15, 0.2) is 0 Å². The third kappa shape index (κ3) is 1.60. The smallest absolute Gasteiger partial charge is 0.218 e. The number of hydrogen-bond acceptors (Lipinski definition) is 3. The topological polar surface area (TPSA) is 74.1 Å². The summed E-state index contributed by atoms with van der Waals surface area (Å²) in [4.78, 5) is 2.42. The first-order chi connectivity index (χ1) is 8.56. The van der Waals surface area contributed by atoms with Gasteiger partial charge >= 0.3 is 0 Å². The Hall–Kier alpha value is -1.85. The molecule has 18 heavy (non-hydrogen) atoms. The maximum absolute atomic E-state index is 9.72. The number of hydrogen-bond donors (Lipinski definition) is 3. The minimum absolute atomic E-state index is 0.137. The Kier molecular flexibility index (Phi) is 2.39. The molecule has 0 aliphatic rings. The second-order valence-corrected chi connectivity index (χ2v) is 4.64. The fourth-order valence-corrected chi connectivity index (χ4v) is 2.36. The van der Waals surface area contributed by atoms with Crippen LogP contribution in [0.2, 0.25) is 10.0 Å². The zero-order valence-corrected chi connectivity index (χ0v) is 10.4. The van der Waals surface area contributed by atoms with E-state index < -0.39 is 0 Å². The van der Waals surface area contributed by atoms with Crippen molar-refractivity contribution in [1.29, 1.82) is 0 Å². The van der Waals surface area contributed by atoms with Crippen molar-refractivity contribution < 1.29 is 10.2 Å². The average molecular weight is 284 g/mol. The molecule has 0 amide bonds. The predicted molar refractivity (Wildman–Crippen MR) is 68.8 cm³/mol. The molecule has 2 aromatic heterocycles. The fraction of sp³-hybridized carbons (Fsp3) is 0.